The van der Waals surface area contributed by atoms with E-state index in [0.29, 0.717) is 5.82 Å². The van der Waals surface area contributed by atoms with E-state index in [2.05, 4.69) is 18.3 Å². The van der Waals surface area contributed by atoms with Crippen LogP contribution in [0.25, 0.3) is 0 Å². The Hall–Kier alpha value is -1.05. The van der Waals surface area contributed by atoms with Gasteiger partial charge in [0, 0.05) is 0 Å². The minimum absolute atomic E-state index is 0.398. The first-order valence-electron chi connectivity index (χ1n) is 1.86. The van der Waals surface area contributed by atoms with Gasteiger partial charge < -0.3 is 5.73 Å². The summed E-state index contributed by atoms with van der Waals surface area (Å²) < 4.78 is 0. The van der Waals surface area contributed by atoms with Crippen molar-refractivity contribution in [3.8, 4) is 0 Å². The van der Waals surface area contributed by atoms with Crippen LogP contribution in [0.2, 0.25) is 0 Å². The quantitative estimate of drug-likeness (QED) is 0.398. The minimum Gasteiger partial charge on any atom is -0.384 e. The predicted octanol–water partition coefficient (Wildman–Crippen LogP) is 0.673. The second kappa shape index (κ2) is 3.15. The van der Waals surface area contributed by atoms with Crippen LogP contribution < -0.4 is 5.73 Å². The summed E-state index contributed by atoms with van der Waals surface area (Å²) in [5.41, 5.74) is 5.14. The molecule has 0 fully saturated rings. The zero-order valence-electron chi connectivity index (χ0n) is 4.09. The summed E-state index contributed by atoms with van der Waals surface area (Å²) in [7, 11) is 0. The monoisotopic (exact) mass is 96.1 g/mol. The summed E-state index contributed by atoms with van der Waals surface area (Å²) in [5.74, 6) is 0.398. The number of hydrogen-bond donors (Lipinski definition) is 1. The van der Waals surface area contributed by atoms with Crippen molar-refractivity contribution in [1.29, 1.82) is 0 Å². The number of aliphatic imine (C=N–C) groups is 1. The maximum Gasteiger partial charge on any atom is 0.122 e. The van der Waals surface area contributed by atoms with Crippen LogP contribution in [0.15, 0.2) is 29.5 Å². The molecule has 0 aliphatic carbocycles. The van der Waals surface area contributed by atoms with Crippen molar-refractivity contribution in [1.82, 2.24) is 0 Å². The van der Waals surface area contributed by atoms with E-state index in [-0.39, 0.29) is 0 Å². The Bertz CT molecular complexity index is 103. The number of rotatable bonds is 2. The normalized spacial score (nSPS) is 10.6. The van der Waals surface area contributed by atoms with Gasteiger partial charge in [0.25, 0.3) is 0 Å². The average molecular weight is 96.1 g/mol. The second-order valence-electron chi connectivity index (χ2n) is 0.985. The third-order valence-electron chi connectivity index (χ3n) is 0.471. The summed E-state index contributed by atoms with van der Waals surface area (Å²) in [6, 6.07) is 0. The summed E-state index contributed by atoms with van der Waals surface area (Å²) in [6.45, 7) is 6.59. The first-order valence-corrected chi connectivity index (χ1v) is 1.86. The van der Waals surface area contributed by atoms with Crippen molar-refractivity contribution in [2.75, 3.05) is 0 Å². The van der Waals surface area contributed by atoms with Crippen molar-refractivity contribution in [3.63, 3.8) is 0 Å². The van der Waals surface area contributed by atoms with Crippen LogP contribution in [0, 0.1) is 0 Å². The Morgan fingerprint density at radius 1 is 1.71 bits per heavy atom. The van der Waals surface area contributed by atoms with Crippen LogP contribution in [-0.2, 0) is 0 Å². The highest BCUT2D eigenvalue weighted by Gasteiger charge is 1.70. The van der Waals surface area contributed by atoms with Gasteiger partial charge in [0.05, 0.1) is 0 Å². The van der Waals surface area contributed by atoms with Crippen molar-refractivity contribution in [2.24, 2.45) is 10.7 Å². The Morgan fingerprint density at radius 2 is 2.29 bits per heavy atom. The van der Waals surface area contributed by atoms with Gasteiger partial charge in [-0.3, -0.25) is 0 Å². The molecule has 0 atom stereocenters. The highest BCUT2D eigenvalue weighted by molar-refractivity contribution is 5.28. The van der Waals surface area contributed by atoms with Crippen LogP contribution in [0.4, 0.5) is 0 Å². The van der Waals surface area contributed by atoms with Crippen molar-refractivity contribution >= 4 is 6.72 Å². The first-order chi connectivity index (χ1) is 3.31. The third-order valence-corrected chi connectivity index (χ3v) is 0.471. The van der Waals surface area contributed by atoms with Crippen molar-refractivity contribution in [2.45, 2.75) is 0 Å². The molecule has 2 N–H and O–H groups in total. The average Bonchev–Trinajstić information content (AvgIpc) is 1.68. The fourth-order valence-electron chi connectivity index (χ4n) is 0.173. The van der Waals surface area contributed by atoms with E-state index in [9.17, 15) is 0 Å². The molecule has 0 aromatic carbocycles. The highest BCUT2D eigenvalue weighted by Crippen LogP contribution is 1.80. The molecule has 0 bridgehead atoms. The van der Waals surface area contributed by atoms with Gasteiger partial charge in [-0.05, 0) is 12.8 Å². The summed E-state index contributed by atoms with van der Waals surface area (Å²) in [6.07, 6.45) is 3.14. The van der Waals surface area contributed by atoms with E-state index in [4.69, 9.17) is 5.73 Å². The zero-order valence-corrected chi connectivity index (χ0v) is 4.09. The van der Waals surface area contributed by atoms with Crippen molar-refractivity contribution in [3.05, 3.63) is 24.6 Å². The summed E-state index contributed by atoms with van der Waals surface area (Å²) in [4.78, 5) is 3.40. The van der Waals surface area contributed by atoms with Gasteiger partial charge in [-0.2, -0.15) is 0 Å². The SMILES string of the molecule is C=C/C=C(/N)N=C. The van der Waals surface area contributed by atoms with Gasteiger partial charge in [-0.1, -0.05) is 12.7 Å². The molecule has 0 unspecified atom stereocenters. The van der Waals surface area contributed by atoms with Gasteiger partial charge >= 0.3 is 0 Å². The van der Waals surface area contributed by atoms with Crippen LogP contribution in [0.1, 0.15) is 0 Å². The molecular weight excluding hydrogens is 88.1 g/mol. The first kappa shape index (κ1) is 5.95. The fourth-order valence-corrected chi connectivity index (χ4v) is 0.173. The fraction of sp³-hybridized carbons (Fsp3) is 0. The smallest absolute Gasteiger partial charge is 0.122 e. The number of hydrogen-bond acceptors (Lipinski definition) is 2. The van der Waals surface area contributed by atoms with Gasteiger partial charge in [-0.25, -0.2) is 4.99 Å². The predicted molar refractivity (Wildman–Crippen MR) is 32.0 cm³/mol. The van der Waals surface area contributed by atoms with Crippen LogP contribution >= 0.6 is 0 Å². The molecule has 7 heavy (non-hydrogen) atoms. The Kier molecular flexibility index (Phi) is 2.68. The van der Waals surface area contributed by atoms with Crippen LogP contribution in [0.3, 0.4) is 0 Å². The molecule has 0 amide bonds. The lowest BCUT2D eigenvalue weighted by atomic mass is 10.5. The number of nitrogens with zero attached hydrogens (tertiary/aromatic N) is 1. The van der Waals surface area contributed by atoms with Crippen molar-refractivity contribution < 1.29 is 0 Å². The zero-order chi connectivity index (χ0) is 5.70. The molecule has 0 aromatic heterocycles. The van der Waals surface area contributed by atoms with E-state index in [1.54, 1.807) is 12.2 Å². The molecule has 0 saturated heterocycles. The lowest BCUT2D eigenvalue weighted by Crippen LogP contribution is -1.89. The maximum absolute atomic E-state index is 5.14. The molecule has 2 heteroatoms. The van der Waals surface area contributed by atoms with Gasteiger partial charge in [-0.15, -0.1) is 0 Å². The lowest BCUT2D eigenvalue weighted by molar-refractivity contribution is 1.26. The maximum atomic E-state index is 5.14. The van der Waals surface area contributed by atoms with E-state index in [1.165, 1.54) is 0 Å². The Balaban J connectivity index is 3.72. The number of nitrogens with two attached hydrogens (primary N) is 1. The molecule has 0 saturated carbocycles. The van der Waals surface area contributed by atoms with Crippen LogP contribution in [0.5, 0.6) is 0 Å². The summed E-state index contributed by atoms with van der Waals surface area (Å²) in [5, 5.41) is 0. The standard InChI is InChI=1S/C5H8N2/c1-3-4-5(6)7-2/h3-4H,1-2,6H2/b5-4-. The summed E-state index contributed by atoms with van der Waals surface area (Å²) >= 11 is 0. The van der Waals surface area contributed by atoms with Crippen LogP contribution in [-0.4, -0.2) is 6.72 Å². The molecule has 38 valence electrons. The van der Waals surface area contributed by atoms with Gasteiger partial charge in [0.2, 0.25) is 0 Å². The molecule has 0 rings (SSSR count). The molecule has 0 heterocycles. The third kappa shape index (κ3) is 2.76. The molecule has 0 aliphatic heterocycles. The Morgan fingerprint density at radius 3 is 2.43 bits per heavy atom. The number of allylic oxidation sites excluding steroid dienone is 2. The van der Waals surface area contributed by atoms with E-state index >= 15 is 0 Å². The van der Waals surface area contributed by atoms with E-state index in [0.717, 1.165) is 0 Å². The molecule has 0 aromatic rings. The molecule has 0 radical (unpaired) electrons. The van der Waals surface area contributed by atoms with Gasteiger partial charge in [0.1, 0.15) is 5.82 Å². The molecular formula is C5H8N2. The van der Waals surface area contributed by atoms with E-state index < -0.39 is 0 Å². The van der Waals surface area contributed by atoms with Gasteiger partial charge in [0.15, 0.2) is 0 Å². The molecule has 0 aliphatic rings. The molecule has 2 nitrogen and oxygen atoms in total. The minimum atomic E-state index is 0.398. The largest absolute Gasteiger partial charge is 0.384 e. The Labute approximate surface area is 43.1 Å². The topological polar surface area (TPSA) is 38.4 Å². The molecule has 0 spiro atoms. The lowest BCUT2D eigenvalue weighted by Gasteiger charge is -1.81. The highest BCUT2D eigenvalue weighted by atomic mass is 14.9. The second-order valence-corrected chi connectivity index (χ2v) is 0.985. The van der Waals surface area contributed by atoms with E-state index in [1.807, 2.05) is 0 Å².